The molecule has 5 heteroatoms. The molecular formula is C11H19N3O2. The van der Waals surface area contributed by atoms with E-state index in [4.69, 9.17) is 0 Å². The molecule has 16 heavy (non-hydrogen) atoms. The molecule has 1 atom stereocenters. The average Bonchev–Trinajstić information content (AvgIpc) is 2.80. The highest BCUT2D eigenvalue weighted by Gasteiger charge is 2.11. The molecule has 0 saturated heterocycles. The topological polar surface area (TPSA) is 56.1 Å². The Hall–Kier alpha value is -1.36. The molecule has 0 saturated carbocycles. The van der Waals surface area contributed by atoms with Gasteiger partial charge in [0.1, 0.15) is 0 Å². The van der Waals surface area contributed by atoms with E-state index in [0.29, 0.717) is 6.54 Å². The van der Waals surface area contributed by atoms with Crippen LogP contribution in [0, 0.1) is 5.92 Å². The fraction of sp³-hybridized carbons (Fsp3) is 0.636. The maximum atomic E-state index is 11.1. The maximum absolute atomic E-state index is 11.1. The minimum absolute atomic E-state index is 0.0850. The van der Waals surface area contributed by atoms with E-state index in [2.05, 4.69) is 15.0 Å². The highest BCUT2D eigenvalue weighted by molar-refractivity contribution is 5.71. The number of aromatic nitrogens is 2. The second-order valence-electron chi connectivity index (χ2n) is 3.78. The number of imidazole rings is 1. The molecule has 0 aliphatic heterocycles. The summed E-state index contributed by atoms with van der Waals surface area (Å²) in [5.74, 6) is -0.250. The molecule has 0 aromatic carbocycles. The Morgan fingerprint density at radius 2 is 2.44 bits per heavy atom. The Morgan fingerprint density at radius 3 is 3.06 bits per heavy atom. The summed E-state index contributed by atoms with van der Waals surface area (Å²) < 4.78 is 6.67. The second-order valence-corrected chi connectivity index (χ2v) is 3.78. The number of rotatable bonds is 7. The lowest BCUT2D eigenvalue weighted by Crippen LogP contribution is -2.28. The summed E-state index contributed by atoms with van der Waals surface area (Å²) in [6.07, 6.45) is 6.53. The van der Waals surface area contributed by atoms with Crippen molar-refractivity contribution in [3.63, 3.8) is 0 Å². The van der Waals surface area contributed by atoms with Crippen molar-refractivity contribution in [2.24, 2.45) is 5.92 Å². The number of ether oxygens (including phenoxy) is 1. The van der Waals surface area contributed by atoms with Gasteiger partial charge in [-0.2, -0.15) is 0 Å². The molecular weight excluding hydrogens is 206 g/mol. The lowest BCUT2D eigenvalue weighted by molar-refractivity contribution is -0.144. The summed E-state index contributed by atoms with van der Waals surface area (Å²) in [6.45, 7) is 4.35. The lowest BCUT2D eigenvalue weighted by atomic mass is 10.2. The van der Waals surface area contributed by atoms with Crippen LogP contribution in [0.5, 0.6) is 0 Å². The fourth-order valence-corrected chi connectivity index (χ4v) is 1.41. The molecule has 0 aliphatic rings. The number of nitrogens with zero attached hydrogens (tertiary/aromatic N) is 2. The maximum Gasteiger partial charge on any atom is 0.309 e. The summed E-state index contributed by atoms with van der Waals surface area (Å²) in [4.78, 5) is 15.1. The van der Waals surface area contributed by atoms with Crippen LogP contribution in [0.15, 0.2) is 18.7 Å². The van der Waals surface area contributed by atoms with E-state index in [1.165, 1.54) is 7.11 Å². The smallest absolute Gasteiger partial charge is 0.309 e. The van der Waals surface area contributed by atoms with E-state index in [1.807, 2.05) is 17.7 Å². The molecule has 1 aromatic rings. The monoisotopic (exact) mass is 225 g/mol. The zero-order chi connectivity index (χ0) is 11.8. The molecule has 90 valence electrons. The van der Waals surface area contributed by atoms with Gasteiger partial charge in [0.25, 0.3) is 0 Å². The third kappa shape index (κ3) is 4.44. The van der Waals surface area contributed by atoms with Gasteiger partial charge in [-0.3, -0.25) is 4.79 Å². The zero-order valence-electron chi connectivity index (χ0n) is 9.85. The van der Waals surface area contributed by atoms with Crippen molar-refractivity contribution < 1.29 is 9.53 Å². The predicted molar refractivity (Wildman–Crippen MR) is 60.9 cm³/mol. The molecule has 1 heterocycles. The highest BCUT2D eigenvalue weighted by atomic mass is 16.5. The first-order chi connectivity index (χ1) is 7.74. The number of carbonyl (C=O) groups excluding carboxylic acids is 1. The van der Waals surface area contributed by atoms with Gasteiger partial charge in [0.05, 0.1) is 19.4 Å². The Kier molecular flexibility index (Phi) is 5.56. The van der Waals surface area contributed by atoms with Gasteiger partial charge in [-0.05, 0) is 13.0 Å². The molecule has 0 amide bonds. The number of carbonyl (C=O) groups is 1. The number of hydrogen-bond donors (Lipinski definition) is 1. The molecule has 0 spiro atoms. The number of hydrogen-bond acceptors (Lipinski definition) is 4. The number of esters is 1. The molecule has 0 bridgehead atoms. The standard InChI is InChI=1S/C11H19N3O2/c1-10(11(15)16-2)8-12-4-3-6-14-7-5-13-9-14/h5,7,9-10,12H,3-4,6,8H2,1-2H3/t10-/m0/s1. The van der Waals surface area contributed by atoms with Crippen LogP contribution in [-0.4, -0.2) is 35.7 Å². The zero-order valence-corrected chi connectivity index (χ0v) is 9.85. The number of aryl methyl sites for hydroxylation is 1. The van der Waals surface area contributed by atoms with Crippen molar-refractivity contribution in [2.75, 3.05) is 20.2 Å². The SMILES string of the molecule is COC(=O)[C@@H](C)CNCCCn1ccnc1. The Bertz CT molecular complexity index is 298. The summed E-state index contributed by atoms with van der Waals surface area (Å²) in [7, 11) is 1.41. The summed E-state index contributed by atoms with van der Waals surface area (Å²) in [6, 6.07) is 0. The first-order valence-electron chi connectivity index (χ1n) is 5.48. The van der Waals surface area contributed by atoms with Crippen LogP contribution in [0.4, 0.5) is 0 Å². The van der Waals surface area contributed by atoms with E-state index in [-0.39, 0.29) is 11.9 Å². The van der Waals surface area contributed by atoms with Crippen molar-refractivity contribution in [1.82, 2.24) is 14.9 Å². The van der Waals surface area contributed by atoms with Crippen LogP contribution < -0.4 is 5.32 Å². The van der Waals surface area contributed by atoms with Gasteiger partial charge in [0, 0.05) is 25.5 Å². The third-order valence-corrected chi connectivity index (χ3v) is 2.38. The van der Waals surface area contributed by atoms with Crippen LogP contribution in [0.25, 0.3) is 0 Å². The lowest BCUT2D eigenvalue weighted by Gasteiger charge is -2.10. The summed E-state index contributed by atoms with van der Waals surface area (Å²) >= 11 is 0. The van der Waals surface area contributed by atoms with Gasteiger partial charge in [0.2, 0.25) is 0 Å². The van der Waals surface area contributed by atoms with Gasteiger partial charge in [-0.15, -0.1) is 0 Å². The molecule has 1 N–H and O–H groups in total. The van der Waals surface area contributed by atoms with Crippen LogP contribution in [0.3, 0.4) is 0 Å². The van der Waals surface area contributed by atoms with E-state index < -0.39 is 0 Å². The quantitative estimate of drug-likeness (QED) is 0.547. The molecule has 5 nitrogen and oxygen atoms in total. The van der Waals surface area contributed by atoms with Gasteiger partial charge >= 0.3 is 5.97 Å². The Balaban J connectivity index is 2.02. The van der Waals surface area contributed by atoms with Crippen molar-refractivity contribution in [3.05, 3.63) is 18.7 Å². The fourth-order valence-electron chi connectivity index (χ4n) is 1.41. The van der Waals surface area contributed by atoms with Crippen LogP contribution >= 0.6 is 0 Å². The van der Waals surface area contributed by atoms with Crippen molar-refractivity contribution in [1.29, 1.82) is 0 Å². The van der Waals surface area contributed by atoms with Crippen molar-refractivity contribution in [2.45, 2.75) is 19.9 Å². The minimum atomic E-state index is -0.165. The average molecular weight is 225 g/mol. The predicted octanol–water partition coefficient (Wildman–Crippen LogP) is 0.672. The first-order valence-corrected chi connectivity index (χ1v) is 5.48. The number of methoxy groups -OCH3 is 1. The Labute approximate surface area is 95.8 Å². The van der Waals surface area contributed by atoms with Crippen molar-refractivity contribution in [3.8, 4) is 0 Å². The number of nitrogens with one attached hydrogen (secondary N) is 1. The van der Waals surface area contributed by atoms with E-state index >= 15 is 0 Å². The van der Waals surface area contributed by atoms with Gasteiger partial charge in [-0.25, -0.2) is 4.98 Å². The van der Waals surface area contributed by atoms with Gasteiger partial charge in [-0.1, -0.05) is 6.92 Å². The second kappa shape index (κ2) is 7.00. The summed E-state index contributed by atoms with van der Waals surface area (Å²) in [5.41, 5.74) is 0. The molecule has 1 rings (SSSR count). The van der Waals surface area contributed by atoms with E-state index in [9.17, 15) is 4.79 Å². The third-order valence-electron chi connectivity index (χ3n) is 2.38. The largest absolute Gasteiger partial charge is 0.469 e. The first kappa shape index (κ1) is 12.7. The molecule has 0 unspecified atom stereocenters. The van der Waals surface area contributed by atoms with E-state index in [1.54, 1.807) is 12.5 Å². The van der Waals surface area contributed by atoms with Crippen LogP contribution in [-0.2, 0) is 16.1 Å². The van der Waals surface area contributed by atoms with Gasteiger partial charge < -0.3 is 14.6 Å². The summed E-state index contributed by atoms with van der Waals surface area (Å²) in [5, 5.41) is 3.23. The Morgan fingerprint density at radius 1 is 1.62 bits per heavy atom. The van der Waals surface area contributed by atoms with Crippen LogP contribution in [0.2, 0.25) is 0 Å². The van der Waals surface area contributed by atoms with Crippen molar-refractivity contribution >= 4 is 5.97 Å². The van der Waals surface area contributed by atoms with Crippen LogP contribution in [0.1, 0.15) is 13.3 Å². The molecule has 0 aliphatic carbocycles. The molecule has 0 fully saturated rings. The van der Waals surface area contributed by atoms with Gasteiger partial charge in [0.15, 0.2) is 0 Å². The normalized spacial score (nSPS) is 12.4. The molecule has 0 radical (unpaired) electrons. The van der Waals surface area contributed by atoms with E-state index in [0.717, 1.165) is 19.5 Å². The minimum Gasteiger partial charge on any atom is -0.469 e. The highest BCUT2D eigenvalue weighted by Crippen LogP contribution is 1.95. The molecule has 1 aromatic heterocycles.